The van der Waals surface area contributed by atoms with Gasteiger partial charge in [-0.2, -0.15) is 0 Å². The van der Waals surface area contributed by atoms with E-state index in [4.69, 9.17) is 0 Å². The SMILES string of the molecule is CCNC1CCCCCC1c1ccc(C)cc1C. The molecule has 1 saturated carbocycles. The largest absolute Gasteiger partial charge is 0.314 e. The molecular formula is C17H27N. The topological polar surface area (TPSA) is 12.0 Å². The van der Waals surface area contributed by atoms with E-state index in [-0.39, 0.29) is 0 Å². The summed E-state index contributed by atoms with van der Waals surface area (Å²) in [4.78, 5) is 0. The van der Waals surface area contributed by atoms with Gasteiger partial charge in [0.25, 0.3) is 0 Å². The van der Waals surface area contributed by atoms with Gasteiger partial charge in [0, 0.05) is 6.04 Å². The highest BCUT2D eigenvalue weighted by Gasteiger charge is 2.25. The molecule has 0 amide bonds. The summed E-state index contributed by atoms with van der Waals surface area (Å²) >= 11 is 0. The highest BCUT2D eigenvalue weighted by molar-refractivity contribution is 5.34. The minimum absolute atomic E-state index is 0.680. The van der Waals surface area contributed by atoms with E-state index >= 15 is 0 Å². The molecule has 1 aromatic rings. The zero-order valence-electron chi connectivity index (χ0n) is 12.1. The van der Waals surface area contributed by atoms with Crippen molar-refractivity contribution in [3.05, 3.63) is 34.9 Å². The average Bonchev–Trinajstić information content (AvgIpc) is 2.56. The molecule has 2 rings (SSSR count). The predicted molar refractivity (Wildman–Crippen MR) is 79.2 cm³/mol. The van der Waals surface area contributed by atoms with Crippen LogP contribution in [0.2, 0.25) is 0 Å². The van der Waals surface area contributed by atoms with Crippen molar-refractivity contribution in [1.82, 2.24) is 5.32 Å². The molecular weight excluding hydrogens is 218 g/mol. The first kappa shape index (κ1) is 13.6. The fourth-order valence-electron chi connectivity index (χ4n) is 3.43. The summed E-state index contributed by atoms with van der Waals surface area (Å²) in [6.07, 6.45) is 6.87. The molecule has 0 aliphatic heterocycles. The van der Waals surface area contributed by atoms with E-state index in [9.17, 15) is 0 Å². The lowest BCUT2D eigenvalue weighted by Crippen LogP contribution is -2.34. The zero-order chi connectivity index (χ0) is 13.0. The average molecular weight is 245 g/mol. The van der Waals surface area contributed by atoms with Crippen molar-refractivity contribution in [2.24, 2.45) is 0 Å². The summed E-state index contributed by atoms with van der Waals surface area (Å²) < 4.78 is 0. The van der Waals surface area contributed by atoms with E-state index in [0.717, 1.165) is 6.54 Å². The van der Waals surface area contributed by atoms with E-state index in [1.54, 1.807) is 5.56 Å². The van der Waals surface area contributed by atoms with Crippen LogP contribution in [0.5, 0.6) is 0 Å². The third-order valence-corrected chi connectivity index (χ3v) is 4.31. The minimum Gasteiger partial charge on any atom is -0.314 e. The molecule has 1 aromatic carbocycles. The molecule has 1 aliphatic rings. The number of likely N-dealkylation sites (N-methyl/N-ethyl adjacent to an activating group) is 1. The maximum atomic E-state index is 3.71. The molecule has 0 heterocycles. The lowest BCUT2D eigenvalue weighted by Gasteiger charge is -2.27. The van der Waals surface area contributed by atoms with Gasteiger partial charge in [0.05, 0.1) is 0 Å². The van der Waals surface area contributed by atoms with Crippen LogP contribution >= 0.6 is 0 Å². The number of hydrogen-bond donors (Lipinski definition) is 1. The van der Waals surface area contributed by atoms with Crippen molar-refractivity contribution in [1.29, 1.82) is 0 Å². The van der Waals surface area contributed by atoms with Crippen LogP contribution in [-0.2, 0) is 0 Å². The van der Waals surface area contributed by atoms with E-state index in [1.807, 2.05) is 0 Å². The van der Waals surface area contributed by atoms with Crippen LogP contribution in [0.25, 0.3) is 0 Å². The molecule has 2 unspecified atom stereocenters. The van der Waals surface area contributed by atoms with Gasteiger partial charge in [-0.15, -0.1) is 0 Å². The van der Waals surface area contributed by atoms with E-state index in [0.29, 0.717) is 12.0 Å². The Hall–Kier alpha value is -0.820. The molecule has 0 bridgehead atoms. The molecule has 1 N–H and O–H groups in total. The first-order valence-corrected chi connectivity index (χ1v) is 7.53. The monoisotopic (exact) mass is 245 g/mol. The highest BCUT2D eigenvalue weighted by atomic mass is 14.9. The number of benzene rings is 1. The molecule has 0 radical (unpaired) electrons. The smallest absolute Gasteiger partial charge is 0.0136 e. The summed E-state index contributed by atoms with van der Waals surface area (Å²) in [5.41, 5.74) is 4.43. The summed E-state index contributed by atoms with van der Waals surface area (Å²) in [6.45, 7) is 7.78. The number of rotatable bonds is 3. The van der Waals surface area contributed by atoms with Crippen LogP contribution in [0.15, 0.2) is 18.2 Å². The predicted octanol–water partition coefficient (Wildman–Crippen LogP) is 4.33. The molecule has 2 atom stereocenters. The highest BCUT2D eigenvalue weighted by Crippen LogP contribution is 2.34. The Balaban J connectivity index is 2.25. The maximum absolute atomic E-state index is 3.71. The van der Waals surface area contributed by atoms with Crippen molar-refractivity contribution in [2.45, 2.75) is 64.8 Å². The van der Waals surface area contributed by atoms with Crippen LogP contribution in [0, 0.1) is 13.8 Å². The van der Waals surface area contributed by atoms with Crippen molar-refractivity contribution < 1.29 is 0 Å². The van der Waals surface area contributed by atoms with Crippen LogP contribution in [-0.4, -0.2) is 12.6 Å². The molecule has 0 aromatic heterocycles. The Labute approximate surface area is 112 Å². The third-order valence-electron chi connectivity index (χ3n) is 4.31. The van der Waals surface area contributed by atoms with Crippen LogP contribution in [0.1, 0.15) is 61.6 Å². The Morgan fingerprint density at radius 3 is 2.61 bits per heavy atom. The zero-order valence-corrected chi connectivity index (χ0v) is 12.1. The fourth-order valence-corrected chi connectivity index (χ4v) is 3.43. The summed E-state index contributed by atoms with van der Waals surface area (Å²) in [7, 11) is 0. The van der Waals surface area contributed by atoms with E-state index < -0.39 is 0 Å². The molecule has 1 aliphatic carbocycles. The molecule has 0 saturated heterocycles. The lowest BCUT2D eigenvalue weighted by atomic mass is 9.84. The number of nitrogens with one attached hydrogen (secondary N) is 1. The summed E-state index contributed by atoms with van der Waals surface area (Å²) in [5.74, 6) is 0.716. The second-order valence-electron chi connectivity index (χ2n) is 5.77. The van der Waals surface area contributed by atoms with E-state index in [2.05, 4.69) is 44.3 Å². The van der Waals surface area contributed by atoms with Gasteiger partial charge < -0.3 is 5.32 Å². The second kappa shape index (κ2) is 6.38. The standard InChI is InChI=1S/C17H27N/c1-4-18-17-9-7-5-6-8-16(17)15-11-10-13(2)12-14(15)3/h10-12,16-18H,4-9H2,1-3H3. The molecule has 1 fully saturated rings. The van der Waals surface area contributed by atoms with Gasteiger partial charge in [0.2, 0.25) is 0 Å². The Bertz CT molecular complexity index is 383. The quantitative estimate of drug-likeness (QED) is 0.782. The molecule has 0 spiro atoms. The third kappa shape index (κ3) is 3.14. The fraction of sp³-hybridized carbons (Fsp3) is 0.647. The molecule has 1 heteroatoms. The van der Waals surface area contributed by atoms with Gasteiger partial charge in [-0.05, 0) is 50.3 Å². The van der Waals surface area contributed by atoms with Gasteiger partial charge in [-0.25, -0.2) is 0 Å². The first-order valence-electron chi connectivity index (χ1n) is 7.53. The van der Waals surface area contributed by atoms with Gasteiger partial charge >= 0.3 is 0 Å². The van der Waals surface area contributed by atoms with Crippen molar-refractivity contribution >= 4 is 0 Å². The van der Waals surface area contributed by atoms with Gasteiger partial charge in [-0.3, -0.25) is 0 Å². The maximum Gasteiger partial charge on any atom is 0.0136 e. The molecule has 1 nitrogen and oxygen atoms in total. The second-order valence-corrected chi connectivity index (χ2v) is 5.77. The molecule has 100 valence electrons. The summed E-state index contributed by atoms with van der Waals surface area (Å²) in [6, 6.07) is 7.66. The number of hydrogen-bond acceptors (Lipinski definition) is 1. The van der Waals surface area contributed by atoms with Crippen molar-refractivity contribution in [2.75, 3.05) is 6.54 Å². The van der Waals surface area contributed by atoms with E-state index in [1.165, 1.54) is 43.2 Å². The van der Waals surface area contributed by atoms with Gasteiger partial charge in [0.15, 0.2) is 0 Å². The minimum atomic E-state index is 0.680. The lowest BCUT2D eigenvalue weighted by molar-refractivity contribution is 0.418. The summed E-state index contributed by atoms with van der Waals surface area (Å²) in [5, 5.41) is 3.71. The van der Waals surface area contributed by atoms with Gasteiger partial charge in [-0.1, -0.05) is 49.9 Å². The van der Waals surface area contributed by atoms with Crippen LogP contribution < -0.4 is 5.32 Å². The van der Waals surface area contributed by atoms with Gasteiger partial charge in [0.1, 0.15) is 0 Å². The number of aryl methyl sites for hydroxylation is 2. The van der Waals surface area contributed by atoms with Crippen molar-refractivity contribution in [3.63, 3.8) is 0 Å². The Morgan fingerprint density at radius 1 is 1.11 bits per heavy atom. The normalized spacial score (nSPS) is 24.8. The Kier molecular flexibility index (Phi) is 4.82. The van der Waals surface area contributed by atoms with Crippen molar-refractivity contribution in [3.8, 4) is 0 Å². The molecule has 18 heavy (non-hydrogen) atoms. The Morgan fingerprint density at radius 2 is 1.89 bits per heavy atom. The van der Waals surface area contributed by atoms with Crippen LogP contribution in [0.4, 0.5) is 0 Å². The first-order chi connectivity index (χ1) is 8.72. The van der Waals surface area contributed by atoms with Crippen LogP contribution in [0.3, 0.4) is 0 Å².